The molecule has 37 heavy (non-hydrogen) atoms. The summed E-state index contributed by atoms with van der Waals surface area (Å²) in [6.07, 6.45) is 12.5. The predicted octanol–water partition coefficient (Wildman–Crippen LogP) is 7.72. The van der Waals surface area contributed by atoms with Gasteiger partial charge in [-0.1, -0.05) is 46.3 Å². The fraction of sp³-hybridized carbons (Fsp3) is 0.879. The van der Waals surface area contributed by atoms with E-state index in [4.69, 9.17) is 0 Å². The summed E-state index contributed by atoms with van der Waals surface area (Å²) in [5.74, 6) is 2.13. The molecule has 1 amide bonds. The number of hydrogen-bond donors (Lipinski definition) is 1. The van der Waals surface area contributed by atoms with Crippen molar-refractivity contribution in [2.75, 3.05) is 6.54 Å². The van der Waals surface area contributed by atoms with Crippen LogP contribution in [0.3, 0.4) is 0 Å². The van der Waals surface area contributed by atoms with E-state index in [1.54, 1.807) is 0 Å². The third-order valence-corrected chi connectivity index (χ3v) is 14.2. The Morgan fingerprint density at radius 2 is 1.59 bits per heavy atom. The zero-order valence-electron chi connectivity index (χ0n) is 24.8. The van der Waals surface area contributed by atoms with Gasteiger partial charge in [0.2, 0.25) is 5.91 Å². The molecule has 4 aliphatic carbocycles. The van der Waals surface area contributed by atoms with Crippen LogP contribution in [-0.2, 0) is 9.59 Å². The molecule has 0 bridgehead atoms. The standard InChI is InChI=1S/C33H53NO3/c1-9-33-15-12-22(21(2)3)28(33)23-10-11-25-30(6)18-19-34(26(35)20-27(36)37)29(4,5)24(30)13-14-32(25,8)31(23,7)16-17-33/h22-25,28H,2,9-20H2,1,3-8H3,(H,36,37)/t22-,23+,24?,25+,28+,30-,31+,32+,33+/m0/s1. The molecular formula is C33H53NO3. The van der Waals surface area contributed by atoms with E-state index in [0.717, 1.165) is 24.7 Å². The van der Waals surface area contributed by atoms with E-state index in [2.05, 4.69) is 55.0 Å². The Morgan fingerprint density at radius 1 is 0.892 bits per heavy atom. The maximum absolute atomic E-state index is 13.0. The highest BCUT2D eigenvalue weighted by atomic mass is 16.4. The maximum atomic E-state index is 13.0. The molecule has 1 saturated heterocycles. The maximum Gasteiger partial charge on any atom is 0.312 e. The number of rotatable bonds is 4. The molecule has 5 fully saturated rings. The minimum Gasteiger partial charge on any atom is -0.481 e. The van der Waals surface area contributed by atoms with Gasteiger partial charge in [-0.2, -0.15) is 0 Å². The van der Waals surface area contributed by atoms with Crippen LogP contribution in [0.2, 0.25) is 0 Å². The summed E-state index contributed by atoms with van der Waals surface area (Å²) in [5.41, 5.74) is 2.49. The molecule has 1 heterocycles. The Bertz CT molecular complexity index is 986. The van der Waals surface area contributed by atoms with Crippen LogP contribution in [0, 0.1) is 51.2 Å². The number of carbonyl (C=O) groups is 2. The van der Waals surface area contributed by atoms with Crippen LogP contribution in [0.1, 0.15) is 119 Å². The van der Waals surface area contributed by atoms with E-state index in [1.165, 1.54) is 56.9 Å². The summed E-state index contributed by atoms with van der Waals surface area (Å²) in [5, 5.41) is 9.30. The Balaban J connectivity index is 1.49. The number of carbonyl (C=O) groups excluding carboxylic acids is 1. The second-order valence-electron chi connectivity index (χ2n) is 15.4. The number of likely N-dealkylation sites (tertiary alicyclic amines) is 1. The zero-order valence-corrected chi connectivity index (χ0v) is 24.8. The van der Waals surface area contributed by atoms with Crippen molar-refractivity contribution < 1.29 is 14.7 Å². The SMILES string of the molecule is C=C(C)[C@@H]1CC[C@]2(CC)CC[C@]3(C)[C@H](CC[C@@H]4[C@@]5(C)CCN(C(=O)CC(=O)O)C(C)(C)C5CC[C@]43C)[C@@H]12. The van der Waals surface area contributed by atoms with E-state index in [1.807, 2.05) is 4.90 Å². The molecule has 0 aromatic carbocycles. The van der Waals surface area contributed by atoms with E-state index < -0.39 is 12.4 Å². The van der Waals surface area contributed by atoms with Crippen LogP contribution in [-0.4, -0.2) is 34.0 Å². The lowest BCUT2D eigenvalue weighted by Gasteiger charge is -2.73. The van der Waals surface area contributed by atoms with E-state index in [9.17, 15) is 14.7 Å². The van der Waals surface area contributed by atoms with Crippen LogP contribution in [0.25, 0.3) is 0 Å². The Morgan fingerprint density at radius 3 is 2.22 bits per heavy atom. The molecule has 4 saturated carbocycles. The number of nitrogens with zero attached hydrogens (tertiary/aromatic N) is 1. The molecule has 0 aromatic heterocycles. The van der Waals surface area contributed by atoms with Crippen molar-refractivity contribution in [1.29, 1.82) is 0 Å². The van der Waals surface area contributed by atoms with Crippen molar-refractivity contribution in [2.24, 2.45) is 51.2 Å². The third kappa shape index (κ3) is 3.51. The second-order valence-corrected chi connectivity index (χ2v) is 15.4. The molecule has 4 heteroatoms. The first-order chi connectivity index (χ1) is 17.2. The van der Waals surface area contributed by atoms with Crippen molar-refractivity contribution in [3.63, 3.8) is 0 Å². The van der Waals surface area contributed by atoms with Crippen molar-refractivity contribution >= 4 is 11.9 Å². The van der Waals surface area contributed by atoms with Gasteiger partial charge in [0.1, 0.15) is 6.42 Å². The quantitative estimate of drug-likeness (QED) is 0.310. The molecule has 1 N–H and O–H groups in total. The number of fused-ring (bicyclic) bond motifs is 7. The molecule has 1 unspecified atom stereocenters. The summed E-state index contributed by atoms with van der Waals surface area (Å²) in [6, 6.07) is 0. The average molecular weight is 512 g/mol. The number of allylic oxidation sites excluding steroid dienone is 1. The van der Waals surface area contributed by atoms with Crippen LogP contribution >= 0.6 is 0 Å². The summed E-state index contributed by atoms with van der Waals surface area (Å²) in [4.78, 5) is 26.2. The zero-order chi connectivity index (χ0) is 27.2. The summed E-state index contributed by atoms with van der Waals surface area (Å²) in [7, 11) is 0. The van der Waals surface area contributed by atoms with Crippen LogP contribution < -0.4 is 0 Å². The monoisotopic (exact) mass is 511 g/mol. The van der Waals surface area contributed by atoms with E-state index >= 15 is 0 Å². The Labute approximate surface area is 226 Å². The van der Waals surface area contributed by atoms with Gasteiger partial charge < -0.3 is 10.0 Å². The van der Waals surface area contributed by atoms with Crippen LogP contribution in [0.15, 0.2) is 12.2 Å². The minimum atomic E-state index is -1.02. The number of piperidine rings is 1. The van der Waals surface area contributed by atoms with Gasteiger partial charge in [0.15, 0.2) is 0 Å². The fourth-order valence-corrected chi connectivity index (χ4v) is 12.3. The van der Waals surface area contributed by atoms with Gasteiger partial charge in [-0.15, -0.1) is 0 Å². The number of carboxylic acids is 1. The normalized spacial score (nSPS) is 48.3. The van der Waals surface area contributed by atoms with Gasteiger partial charge in [-0.25, -0.2) is 0 Å². The highest BCUT2D eigenvalue weighted by Gasteiger charge is 2.70. The first-order valence-corrected chi connectivity index (χ1v) is 15.4. The Hall–Kier alpha value is -1.32. The van der Waals surface area contributed by atoms with Crippen molar-refractivity contribution in [2.45, 2.75) is 125 Å². The van der Waals surface area contributed by atoms with Gasteiger partial charge in [0.25, 0.3) is 0 Å². The largest absolute Gasteiger partial charge is 0.481 e. The number of amides is 1. The summed E-state index contributed by atoms with van der Waals surface area (Å²) in [6.45, 7) is 22.3. The molecule has 1 aliphatic heterocycles. The first-order valence-electron chi connectivity index (χ1n) is 15.4. The molecule has 0 spiro atoms. The number of carboxylic acid groups (broad SMARTS) is 1. The summed E-state index contributed by atoms with van der Waals surface area (Å²) < 4.78 is 0. The highest BCUT2D eigenvalue weighted by molar-refractivity contribution is 5.93. The molecule has 9 atom stereocenters. The van der Waals surface area contributed by atoms with Crippen molar-refractivity contribution in [3.05, 3.63) is 12.2 Å². The highest BCUT2D eigenvalue weighted by Crippen LogP contribution is 2.77. The van der Waals surface area contributed by atoms with Gasteiger partial charge in [0.05, 0.1) is 0 Å². The van der Waals surface area contributed by atoms with Gasteiger partial charge in [-0.05, 0) is 130 Å². The molecule has 5 aliphatic rings. The Kier molecular flexibility index (Phi) is 6.33. The van der Waals surface area contributed by atoms with Crippen LogP contribution in [0.5, 0.6) is 0 Å². The number of aliphatic carboxylic acids is 1. The number of hydrogen-bond acceptors (Lipinski definition) is 2. The van der Waals surface area contributed by atoms with Gasteiger partial charge >= 0.3 is 5.97 Å². The van der Waals surface area contributed by atoms with E-state index in [0.29, 0.717) is 40.5 Å². The first kappa shape index (κ1) is 27.3. The van der Waals surface area contributed by atoms with Crippen molar-refractivity contribution in [1.82, 2.24) is 4.90 Å². The van der Waals surface area contributed by atoms with Gasteiger partial charge in [-0.3, -0.25) is 9.59 Å². The lowest BCUT2D eigenvalue weighted by molar-refractivity contribution is -0.241. The molecule has 208 valence electrons. The van der Waals surface area contributed by atoms with Gasteiger partial charge in [0, 0.05) is 12.1 Å². The van der Waals surface area contributed by atoms with E-state index in [-0.39, 0.29) is 16.9 Å². The molecule has 4 nitrogen and oxygen atoms in total. The predicted molar refractivity (Wildman–Crippen MR) is 149 cm³/mol. The fourth-order valence-electron chi connectivity index (χ4n) is 12.3. The average Bonchev–Trinajstić information content (AvgIpc) is 3.19. The molecular weight excluding hydrogens is 458 g/mol. The summed E-state index contributed by atoms with van der Waals surface area (Å²) >= 11 is 0. The molecule has 0 radical (unpaired) electrons. The topological polar surface area (TPSA) is 57.6 Å². The third-order valence-electron chi connectivity index (χ3n) is 14.2. The second kappa shape index (κ2) is 8.59. The lowest BCUT2D eigenvalue weighted by Crippen LogP contribution is -2.70. The minimum absolute atomic E-state index is 0.188. The van der Waals surface area contributed by atoms with Crippen LogP contribution in [0.4, 0.5) is 0 Å². The smallest absolute Gasteiger partial charge is 0.312 e. The molecule has 5 rings (SSSR count). The van der Waals surface area contributed by atoms with Crippen molar-refractivity contribution in [3.8, 4) is 0 Å². The lowest BCUT2D eigenvalue weighted by atomic mass is 9.33. The molecule has 0 aromatic rings.